The molecular weight excluding hydrogens is 288 g/mol. The lowest BCUT2D eigenvalue weighted by Gasteiger charge is -2.17. The second kappa shape index (κ2) is 6.37. The van der Waals surface area contributed by atoms with Gasteiger partial charge in [0.05, 0.1) is 5.02 Å². The molecule has 1 unspecified atom stereocenters. The van der Waals surface area contributed by atoms with Crippen LogP contribution in [-0.4, -0.2) is 16.5 Å². The molecule has 1 aromatic carbocycles. The van der Waals surface area contributed by atoms with Gasteiger partial charge in [0.15, 0.2) is 0 Å². The minimum Gasteiger partial charge on any atom is -0.349 e. The van der Waals surface area contributed by atoms with Gasteiger partial charge in [-0.1, -0.05) is 23.2 Å². The zero-order valence-corrected chi connectivity index (χ0v) is 11.9. The van der Waals surface area contributed by atoms with Crippen molar-refractivity contribution in [1.82, 2.24) is 15.3 Å². The van der Waals surface area contributed by atoms with Crippen molar-refractivity contribution in [2.75, 3.05) is 6.54 Å². The van der Waals surface area contributed by atoms with E-state index >= 15 is 0 Å². The monoisotopic (exact) mass is 301 g/mol. The Labute approximate surface area is 121 Å². The van der Waals surface area contributed by atoms with Crippen LogP contribution < -0.4 is 5.32 Å². The summed E-state index contributed by atoms with van der Waals surface area (Å²) in [7, 11) is 0. The summed E-state index contributed by atoms with van der Waals surface area (Å²) in [6.45, 7) is 2.59. The molecule has 1 aromatic heterocycles. The fourth-order valence-corrected chi connectivity index (χ4v) is 2.58. The summed E-state index contributed by atoms with van der Waals surface area (Å²) in [5.74, 6) is 0.442. The van der Waals surface area contributed by atoms with E-state index in [1.807, 2.05) is 6.92 Å². The molecule has 2 aromatic rings. The number of halogens is 3. The van der Waals surface area contributed by atoms with Crippen molar-refractivity contribution in [3.8, 4) is 0 Å². The van der Waals surface area contributed by atoms with Crippen molar-refractivity contribution in [3.05, 3.63) is 51.8 Å². The Kier molecular flexibility index (Phi) is 4.80. The number of aromatic amines is 1. The molecule has 0 radical (unpaired) electrons. The summed E-state index contributed by atoms with van der Waals surface area (Å²) in [6.07, 6.45) is 4.24. The van der Waals surface area contributed by atoms with E-state index in [0.29, 0.717) is 17.1 Å². The van der Waals surface area contributed by atoms with Gasteiger partial charge in [0, 0.05) is 42.0 Å². The third-order valence-electron chi connectivity index (χ3n) is 2.88. The van der Waals surface area contributed by atoms with Crippen molar-refractivity contribution in [2.24, 2.45) is 0 Å². The van der Waals surface area contributed by atoms with Crippen molar-refractivity contribution in [3.63, 3.8) is 0 Å². The fraction of sp³-hybridized carbons (Fsp3) is 0.308. The molecule has 6 heteroatoms. The quantitative estimate of drug-likeness (QED) is 0.826. The van der Waals surface area contributed by atoms with Gasteiger partial charge in [-0.25, -0.2) is 9.37 Å². The van der Waals surface area contributed by atoms with E-state index in [9.17, 15) is 4.39 Å². The zero-order valence-electron chi connectivity index (χ0n) is 10.4. The van der Waals surface area contributed by atoms with E-state index in [-0.39, 0.29) is 11.1 Å². The molecule has 0 fully saturated rings. The Bertz CT molecular complexity index is 543. The van der Waals surface area contributed by atoms with Crippen molar-refractivity contribution < 1.29 is 4.39 Å². The molecule has 0 aliphatic carbocycles. The maximum Gasteiger partial charge on any atom is 0.142 e. The molecule has 0 bridgehead atoms. The predicted octanol–water partition coefficient (Wildman–Crippen LogP) is 3.75. The topological polar surface area (TPSA) is 40.7 Å². The molecule has 0 spiro atoms. The van der Waals surface area contributed by atoms with Gasteiger partial charge < -0.3 is 10.3 Å². The average Bonchev–Trinajstić information content (AvgIpc) is 2.87. The Morgan fingerprint density at radius 1 is 1.42 bits per heavy atom. The van der Waals surface area contributed by atoms with Gasteiger partial charge in [0.1, 0.15) is 11.6 Å². The Morgan fingerprint density at radius 2 is 2.21 bits per heavy atom. The minimum atomic E-state index is -0.458. The summed E-state index contributed by atoms with van der Waals surface area (Å²) in [6, 6.07) is 2.65. The van der Waals surface area contributed by atoms with Crippen LogP contribution in [0.4, 0.5) is 4.39 Å². The largest absolute Gasteiger partial charge is 0.349 e. The van der Waals surface area contributed by atoms with Gasteiger partial charge in [0.25, 0.3) is 0 Å². The average molecular weight is 302 g/mol. The predicted molar refractivity (Wildman–Crippen MR) is 75.1 cm³/mol. The number of hydrogen-bond donors (Lipinski definition) is 2. The van der Waals surface area contributed by atoms with Crippen LogP contribution in [0.5, 0.6) is 0 Å². The van der Waals surface area contributed by atoms with Crippen LogP contribution in [0, 0.1) is 5.82 Å². The lowest BCUT2D eigenvalue weighted by Crippen LogP contribution is -2.22. The summed E-state index contributed by atoms with van der Waals surface area (Å²) in [5.41, 5.74) is 0.586. The van der Waals surface area contributed by atoms with Crippen LogP contribution in [0.25, 0.3) is 0 Å². The van der Waals surface area contributed by atoms with E-state index in [0.717, 1.165) is 12.2 Å². The number of imidazole rings is 1. The Balaban J connectivity index is 2.00. The van der Waals surface area contributed by atoms with Crippen LogP contribution >= 0.6 is 23.2 Å². The standard InChI is InChI=1S/C13H14Cl2FN3/c1-8(17-5-4-11-18-6-7-19-11)12-9(14)2-3-10(16)13(12)15/h2-3,6-8,17H,4-5H2,1H3,(H,18,19). The highest BCUT2D eigenvalue weighted by Crippen LogP contribution is 2.32. The van der Waals surface area contributed by atoms with Crippen LogP contribution in [0.2, 0.25) is 10.0 Å². The number of nitrogens with zero attached hydrogens (tertiary/aromatic N) is 1. The summed E-state index contributed by atoms with van der Waals surface area (Å²) in [5, 5.41) is 3.79. The first-order valence-electron chi connectivity index (χ1n) is 5.94. The third-order valence-corrected chi connectivity index (χ3v) is 3.59. The molecule has 1 heterocycles. The highest BCUT2D eigenvalue weighted by atomic mass is 35.5. The van der Waals surface area contributed by atoms with E-state index in [4.69, 9.17) is 23.2 Å². The maximum atomic E-state index is 13.4. The van der Waals surface area contributed by atoms with Gasteiger partial charge in [-0.2, -0.15) is 0 Å². The lowest BCUT2D eigenvalue weighted by atomic mass is 10.1. The number of aromatic nitrogens is 2. The normalized spacial score (nSPS) is 12.6. The minimum absolute atomic E-state index is 0.0745. The smallest absolute Gasteiger partial charge is 0.142 e. The highest BCUT2D eigenvalue weighted by Gasteiger charge is 2.16. The molecule has 2 N–H and O–H groups in total. The molecule has 0 aliphatic heterocycles. The first-order valence-corrected chi connectivity index (χ1v) is 6.70. The molecular formula is C13H14Cl2FN3. The van der Waals surface area contributed by atoms with Gasteiger partial charge in [0.2, 0.25) is 0 Å². The van der Waals surface area contributed by atoms with Crippen LogP contribution in [-0.2, 0) is 6.42 Å². The number of benzene rings is 1. The third kappa shape index (κ3) is 3.47. The highest BCUT2D eigenvalue weighted by molar-refractivity contribution is 6.36. The van der Waals surface area contributed by atoms with Gasteiger partial charge >= 0.3 is 0 Å². The Hall–Kier alpha value is -1.10. The van der Waals surface area contributed by atoms with Crippen LogP contribution in [0.1, 0.15) is 24.4 Å². The van der Waals surface area contributed by atoms with Crippen molar-refractivity contribution in [1.29, 1.82) is 0 Å². The molecule has 19 heavy (non-hydrogen) atoms. The van der Waals surface area contributed by atoms with Crippen LogP contribution in [0.15, 0.2) is 24.5 Å². The van der Waals surface area contributed by atoms with Gasteiger partial charge in [-0.05, 0) is 19.1 Å². The van der Waals surface area contributed by atoms with E-state index in [1.54, 1.807) is 12.4 Å². The summed E-state index contributed by atoms with van der Waals surface area (Å²) < 4.78 is 13.4. The number of H-pyrrole nitrogens is 1. The molecule has 3 nitrogen and oxygen atoms in total. The van der Waals surface area contributed by atoms with E-state index in [2.05, 4.69) is 15.3 Å². The summed E-state index contributed by atoms with van der Waals surface area (Å²) >= 11 is 12.0. The second-order valence-corrected chi connectivity index (χ2v) is 5.00. The van der Waals surface area contributed by atoms with Gasteiger partial charge in [-0.15, -0.1) is 0 Å². The molecule has 1 atom stereocenters. The lowest BCUT2D eigenvalue weighted by molar-refractivity contribution is 0.563. The fourth-order valence-electron chi connectivity index (χ4n) is 1.88. The first kappa shape index (κ1) is 14.3. The van der Waals surface area contributed by atoms with Crippen molar-refractivity contribution >= 4 is 23.2 Å². The number of rotatable bonds is 5. The van der Waals surface area contributed by atoms with Gasteiger partial charge in [-0.3, -0.25) is 0 Å². The molecule has 0 saturated heterocycles. The maximum absolute atomic E-state index is 13.4. The first-order chi connectivity index (χ1) is 9.09. The molecule has 0 aliphatic rings. The van der Waals surface area contributed by atoms with E-state index in [1.165, 1.54) is 12.1 Å². The van der Waals surface area contributed by atoms with Crippen LogP contribution in [0.3, 0.4) is 0 Å². The zero-order chi connectivity index (χ0) is 13.8. The Morgan fingerprint density at radius 3 is 2.89 bits per heavy atom. The second-order valence-electron chi connectivity index (χ2n) is 4.22. The molecule has 2 rings (SSSR count). The number of hydrogen-bond acceptors (Lipinski definition) is 2. The molecule has 0 saturated carbocycles. The molecule has 0 amide bonds. The van der Waals surface area contributed by atoms with E-state index < -0.39 is 5.82 Å². The van der Waals surface area contributed by atoms with Crippen molar-refractivity contribution in [2.45, 2.75) is 19.4 Å². The SMILES string of the molecule is CC(NCCc1ncc[nH]1)c1c(Cl)ccc(F)c1Cl. The molecule has 102 valence electrons. The summed E-state index contributed by atoms with van der Waals surface area (Å²) in [4.78, 5) is 7.15. The number of nitrogens with one attached hydrogen (secondary N) is 2.